The zero-order chi connectivity index (χ0) is 16.6. The van der Waals surface area contributed by atoms with E-state index in [9.17, 15) is 18.3 Å². The molecule has 1 amide bonds. The van der Waals surface area contributed by atoms with Crippen LogP contribution in [0.4, 0.5) is 4.79 Å². The third-order valence-electron chi connectivity index (χ3n) is 3.70. The van der Waals surface area contributed by atoms with Crippen LogP contribution < -0.4 is 4.83 Å². The van der Waals surface area contributed by atoms with Crippen molar-refractivity contribution in [1.29, 1.82) is 0 Å². The van der Waals surface area contributed by atoms with Crippen molar-refractivity contribution in [1.82, 2.24) is 14.8 Å². The fourth-order valence-corrected chi connectivity index (χ4v) is 4.02. The number of pyridine rings is 1. The van der Waals surface area contributed by atoms with Crippen LogP contribution in [0.15, 0.2) is 24.5 Å². The summed E-state index contributed by atoms with van der Waals surface area (Å²) in [5.74, 6) is 0. The minimum Gasteiger partial charge on any atom is -0.464 e. The normalized spacial score (nSPS) is 17.0. The molecule has 1 aromatic rings. The van der Waals surface area contributed by atoms with Gasteiger partial charge < -0.3 is 5.11 Å². The van der Waals surface area contributed by atoms with Crippen molar-refractivity contribution in [2.24, 2.45) is 0 Å². The number of sulfonamides is 1. The first-order valence-corrected chi connectivity index (χ1v) is 8.50. The summed E-state index contributed by atoms with van der Waals surface area (Å²) in [7, 11) is -3.81. The minimum absolute atomic E-state index is 0.327. The second kappa shape index (κ2) is 5.51. The fraction of sp³-hybridized carbons (Fsp3) is 0.571. The van der Waals surface area contributed by atoms with E-state index in [1.807, 2.05) is 6.07 Å². The molecule has 1 aliphatic rings. The van der Waals surface area contributed by atoms with E-state index < -0.39 is 26.4 Å². The number of amides is 1. The van der Waals surface area contributed by atoms with E-state index in [0.29, 0.717) is 19.3 Å². The highest BCUT2D eigenvalue weighted by Crippen LogP contribution is 2.45. The number of aromatic nitrogens is 1. The zero-order valence-corrected chi connectivity index (χ0v) is 13.7. The van der Waals surface area contributed by atoms with Gasteiger partial charge in [-0.25, -0.2) is 18.2 Å². The molecule has 2 rings (SSSR count). The van der Waals surface area contributed by atoms with Gasteiger partial charge in [0.1, 0.15) is 0 Å². The van der Waals surface area contributed by atoms with Gasteiger partial charge in [0.25, 0.3) is 0 Å². The maximum Gasteiger partial charge on any atom is 0.423 e. The molecule has 0 atom stereocenters. The lowest BCUT2D eigenvalue weighted by Crippen LogP contribution is -2.57. The SMILES string of the molecule is CC(C)(C)N(NS(=O)(=O)C1(Cc2cccnc2)CC1)C(=O)O. The third kappa shape index (κ3) is 3.38. The minimum atomic E-state index is -3.81. The summed E-state index contributed by atoms with van der Waals surface area (Å²) >= 11 is 0. The van der Waals surface area contributed by atoms with Gasteiger partial charge >= 0.3 is 6.09 Å². The van der Waals surface area contributed by atoms with Crippen molar-refractivity contribution in [3.63, 3.8) is 0 Å². The highest BCUT2D eigenvalue weighted by atomic mass is 32.2. The van der Waals surface area contributed by atoms with Gasteiger partial charge in [0.05, 0.1) is 10.3 Å². The highest BCUT2D eigenvalue weighted by molar-refractivity contribution is 7.91. The Morgan fingerprint density at radius 1 is 1.45 bits per heavy atom. The number of carbonyl (C=O) groups is 1. The van der Waals surface area contributed by atoms with Gasteiger partial charge in [0.2, 0.25) is 10.0 Å². The Labute approximate surface area is 130 Å². The van der Waals surface area contributed by atoms with Crippen LogP contribution in [0.25, 0.3) is 0 Å². The van der Waals surface area contributed by atoms with Crippen LogP contribution in [0.1, 0.15) is 39.2 Å². The first-order chi connectivity index (χ1) is 10.1. The molecule has 0 unspecified atom stereocenters. The topological polar surface area (TPSA) is 99.6 Å². The number of rotatable bonds is 5. The smallest absolute Gasteiger partial charge is 0.423 e. The maximum absolute atomic E-state index is 12.6. The zero-order valence-electron chi connectivity index (χ0n) is 12.9. The Morgan fingerprint density at radius 3 is 2.50 bits per heavy atom. The monoisotopic (exact) mass is 327 g/mol. The van der Waals surface area contributed by atoms with Gasteiger partial charge in [-0.2, -0.15) is 0 Å². The standard InChI is InChI=1S/C14H21N3O4S/c1-13(2,3)17(12(18)19)16-22(20,21)14(6-7-14)9-11-5-4-8-15-10-11/h4-5,8,10,16H,6-7,9H2,1-3H3,(H,18,19). The Morgan fingerprint density at radius 2 is 2.09 bits per heavy atom. The first kappa shape index (κ1) is 16.7. The van der Waals surface area contributed by atoms with Crippen molar-refractivity contribution in [3.05, 3.63) is 30.1 Å². The Hall–Kier alpha value is -1.67. The lowest BCUT2D eigenvalue weighted by atomic mass is 10.1. The molecule has 7 nitrogen and oxygen atoms in total. The predicted octanol–water partition coefficient (Wildman–Crippen LogP) is 1.77. The molecule has 0 aliphatic heterocycles. The summed E-state index contributed by atoms with van der Waals surface area (Å²) in [5.41, 5.74) is -0.0495. The van der Waals surface area contributed by atoms with E-state index in [0.717, 1.165) is 10.6 Å². The predicted molar refractivity (Wildman–Crippen MR) is 81.6 cm³/mol. The van der Waals surface area contributed by atoms with E-state index in [2.05, 4.69) is 9.82 Å². The molecule has 0 bridgehead atoms. The molecule has 22 heavy (non-hydrogen) atoms. The quantitative estimate of drug-likeness (QED) is 0.803. The van der Waals surface area contributed by atoms with Crippen LogP contribution in [0, 0.1) is 0 Å². The molecular formula is C14H21N3O4S. The second-order valence-corrected chi connectivity index (χ2v) is 8.66. The molecule has 1 fully saturated rings. The molecule has 0 radical (unpaired) electrons. The van der Waals surface area contributed by atoms with Crippen LogP contribution in [0.2, 0.25) is 0 Å². The number of carboxylic acid groups (broad SMARTS) is 1. The van der Waals surface area contributed by atoms with Crippen molar-refractivity contribution in [2.75, 3.05) is 0 Å². The molecule has 0 saturated heterocycles. The van der Waals surface area contributed by atoms with Crippen LogP contribution in [0.3, 0.4) is 0 Å². The van der Waals surface area contributed by atoms with Gasteiger partial charge in [-0.05, 0) is 51.7 Å². The summed E-state index contributed by atoms with van der Waals surface area (Å²) in [4.78, 5) is 17.5. The van der Waals surface area contributed by atoms with E-state index in [1.165, 1.54) is 0 Å². The van der Waals surface area contributed by atoms with E-state index in [4.69, 9.17) is 0 Å². The van der Waals surface area contributed by atoms with Gasteiger partial charge in [0, 0.05) is 12.4 Å². The average molecular weight is 327 g/mol. The summed E-state index contributed by atoms with van der Waals surface area (Å²) in [6.07, 6.45) is 3.28. The average Bonchev–Trinajstić information content (AvgIpc) is 3.17. The number of nitrogens with zero attached hydrogens (tertiary/aromatic N) is 2. The first-order valence-electron chi connectivity index (χ1n) is 7.01. The van der Waals surface area contributed by atoms with Crippen LogP contribution in [0.5, 0.6) is 0 Å². The van der Waals surface area contributed by atoms with Gasteiger partial charge in [-0.3, -0.25) is 4.98 Å². The van der Waals surface area contributed by atoms with E-state index in [1.54, 1.807) is 39.2 Å². The lowest BCUT2D eigenvalue weighted by molar-refractivity contribution is 0.0853. The van der Waals surface area contributed by atoms with Gasteiger partial charge in [-0.1, -0.05) is 6.07 Å². The Balaban J connectivity index is 2.21. The summed E-state index contributed by atoms with van der Waals surface area (Å²) < 4.78 is 24.3. The van der Waals surface area contributed by atoms with Gasteiger partial charge in [0.15, 0.2) is 0 Å². The van der Waals surface area contributed by atoms with Crippen LogP contribution >= 0.6 is 0 Å². The molecule has 1 aliphatic carbocycles. The second-order valence-electron chi connectivity index (χ2n) is 6.60. The van der Waals surface area contributed by atoms with Gasteiger partial charge in [-0.15, -0.1) is 4.83 Å². The summed E-state index contributed by atoms with van der Waals surface area (Å²) in [5, 5.41) is 9.98. The molecule has 0 aromatic carbocycles. The molecule has 2 N–H and O–H groups in total. The van der Waals surface area contributed by atoms with E-state index >= 15 is 0 Å². The molecule has 1 aromatic heterocycles. The Bertz CT molecular complexity index is 648. The number of hydrogen-bond acceptors (Lipinski definition) is 4. The highest BCUT2D eigenvalue weighted by Gasteiger charge is 2.55. The number of hydrazine groups is 1. The van der Waals surface area contributed by atoms with Crippen molar-refractivity contribution in [3.8, 4) is 0 Å². The molecule has 1 heterocycles. The number of hydrogen-bond donors (Lipinski definition) is 2. The van der Waals surface area contributed by atoms with Crippen LogP contribution in [-0.2, 0) is 16.4 Å². The summed E-state index contributed by atoms with van der Waals surface area (Å²) in [6.45, 7) is 4.89. The van der Waals surface area contributed by atoms with Crippen molar-refractivity contribution >= 4 is 16.1 Å². The summed E-state index contributed by atoms with van der Waals surface area (Å²) in [6, 6.07) is 3.57. The number of nitrogens with one attached hydrogen (secondary N) is 1. The fourth-order valence-electron chi connectivity index (χ4n) is 2.23. The van der Waals surface area contributed by atoms with Crippen molar-refractivity contribution in [2.45, 2.75) is 50.3 Å². The van der Waals surface area contributed by atoms with Crippen molar-refractivity contribution < 1.29 is 18.3 Å². The third-order valence-corrected chi connectivity index (χ3v) is 5.82. The molecule has 8 heteroatoms. The van der Waals surface area contributed by atoms with Crippen LogP contribution in [-0.4, -0.2) is 39.9 Å². The largest absolute Gasteiger partial charge is 0.464 e. The molecule has 0 spiro atoms. The molecular weight excluding hydrogens is 306 g/mol. The molecule has 122 valence electrons. The Kier molecular flexibility index (Phi) is 4.18. The lowest BCUT2D eigenvalue weighted by Gasteiger charge is -2.34. The van der Waals surface area contributed by atoms with E-state index in [-0.39, 0.29) is 0 Å². The molecule has 1 saturated carbocycles. The maximum atomic E-state index is 12.6.